The van der Waals surface area contributed by atoms with Crippen LogP contribution >= 0.6 is 11.6 Å². The number of carbonyl (C=O) groups is 1. The molecule has 5 rings (SSSR count). The summed E-state index contributed by atoms with van der Waals surface area (Å²) in [4.78, 5) is 21.7. The van der Waals surface area contributed by atoms with E-state index in [1.165, 1.54) is 0 Å². The minimum atomic E-state index is -0.0252. The number of ether oxygens (including phenoxy) is 2. The lowest BCUT2D eigenvalue weighted by Crippen LogP contribution is -2.49. The standard InChI is InChI=1S/C25H27ClN4O4/c1-17(25-27-24(28-34-25)19-6-3-2-4-7-19)29-8-10-30(11-9-29)22(31)16-18-14-20(26)23-21(15-18)32-12-5-13-33-23/h2-4,6-7,14-15,17H,5,8-13,16H2,1H3. The first-order chi connectivity index (χ1) is 16.6. The van der Waals surface area contributed by atoms with E-state index in [-0.39, 0.29) is 18.4 Å². The first-order valence-corrected chi connectivity index (χ1v) is 11.9. The Morgan fingerprint density at radius 1 is 1.09 bits per heavy atom. The highest BCUT2D eigenvalue weighted by molar-refractivity contribution is 6.32. The quantitative estimate of drug-likeness (QED) is 0.543. The minimum absolute atomic E-state index is 0.0252. The van der Waals surface area contributed by atoms with Crippen LogP contribution in [0.5, 0.6) is 11.5 Å². The van der Waals surface area contributed by atoms with E-state index in [0.717, 1.165) is 30.6 Å². The van der Waals surface area contributed by atoms with E-state index in [9.17, 15) is 4.79 Å². The summed E-state index contributed by atoms with van der Waals surface area (Å²) in [6.45, 7) is 5.95. The van der Waals surface area contributed by atoms with E-state index in [1.807, 2.05) is 41.3 Å². The van der Waals surface area contributed by atoms with Crippen LogP contribution in [0.2, 0.25) is 5.02 Å². The third-order valence-corrected chi connectivity index (χ3v) is 6.54. The van der Waals surface area contributed by atoms with Gasteiger partial charge in [-0.25, -0.2) is 0 Å². The van der Waals surface area contributed by atoms with E-state index >= 15 is 0 Å². The second-order valence-corrected chi connectivity index (χ2v) is 8.95. The molecule has 1 unspecified atom stereocenters. The minimum Gasteiger partial charge on any atom is -0.489 e. The van der Waals surface area contributed by atoms with E-state index in [2.05, 4.69) is 22.0 Å². The van der Waals surface area contributed by atoms with Gasteiger partial charge in [0.05, 0.1) is 30.7 Å². The number of carbonyl (C=O) groups excluding carboxylic acids is 1. The van der Waals surface area contributed by atoms with Crippen LogP contribution in [0.15, 0.2) is 47.0 Å². The van der Waals surface area contributed by atoms with Crippen molar-refractivity contribution < 1.29 is 18.8 Å². The summed E-state index contributed by atoms with van der Waals surface area (Å²) in [5.74, 6) is 2.42. The maximum atomic E-state index is 13.0. The van der Waals surface area contributed by atoms with Gasteiger partial charge in [0.25, 0.3) is 0 Å². The van der Waals surface area contributed by atoms with Crippen LogP contribution in [-0.4, -0.2) is 65.2 Å². The Morgan fingerprint density at radius 2 is 1.85 bits per heavy atom. The lowest BCUT2D eigenvalue weighted by Gasteiger charge is -2.36. The molecule has 0 bridgehead atoms. The second-order valence-electron chi connectivity index (χ2n) is 8.55. The molecule has 3 aromatic rings. The molecule has 1 atom stereocenters. The fourth-order valence-corrected chi connectivity index (χ4v) is 4.58. The number of piperazine rings is 1. The maximum Gasteiger partial charge on any atom is 0.244 e. The first kappa shape index (κ1) is 22.7. The van der Waals surface area contributed by atoms with Gasteiger partial charge >= 0.3 is 0 Å². The Morgan fingerprint density at radius 3 is 2.65 bits per heavy atom. The molecule has 1 amide bonds. The molecule has 9 heteroatoms. The van der Waals surface area contributed by atoms with Crippen LogP contribution in [0.4, 0.5) is 0 Å². The number of rotatable bonds is 5. The third-order valence-electron chi connectivity index (χ3n) is 6.26. The van der Waals surface area contributed by atoms with E-state index in [0.29, 0.717) is 54.5 Å². The van der Waals surface area contributed by atoms with Gasteiger partial charge in [-0.05, 0) is 24.6 Å². The highest BCUT2D eigenvalue weighted by Crippen LogP contribution is 2.38. The van der Waals surface area contributed by atoms with E-state index < -0.39 is 0 Å². The molecule has 0 radical (unpaired) electrons. The lowest BCUT2D eigenvalue weighted by molar-refractivity contribution is -0.132. The third kappa shape index (κ3) is 4.88. The average molecular weight is 483 g/mol. The van der Waals surface area contributed by atoms with Crippen molar-refractivity contribution in [3.05, 3.63) is 58.9 Å². The molecule has 3 heterocycles. The summed E-state index contributed by atoms with van der Waals surface area (Å²) >= 11 is 6.39. The number of aromatic nitrogens is 2. The summed E-state index contributed by atoms with van der Waals surface area (Å²) < 4.78 is 17.0. The highest BCUT2D eigenvalue weighted by Gasteiger charge is 2.28. The number of halogens is 1. The molecule has 8 nitrogen and oxygen atoms in total. The molecule has 2 aromatic carbocycles. The largest absolute Gasteiger partial charge is 0.489 e. The summed E-state index contributed by atoms with van der Waals surface area (Å²) in [5.41, 5.74) is 1.75. The van der Waals surface area contributed by atoms with Crippen LogP contribution in [0.25, 0.3) is 11.4 Å². The van der Waals surface area contributed by atoms with E-state index in [4.69, 9.17) is 25.6 Å². The van der Waals surface area contributed by atoms with Crippen molar-refractivity contribution in [3.63, 3.8) is 0 Å². The zero-order valence-corrected chi connectivity index (χ0v) is 19.8. The van der Waals surface area contributed by atoms with Crippen molar-refractivity contribution in [3.8, 4) is 22.9 Å². The maximum absolute atomic E-state index is 13.0. The monoisotopic (exact) mass is 482 g/mol. The van der Waals surface area contributed by atoms with Crippen LogP contribution in [-0.2, 0) is 11.2 Å². The second kappa shape index (κ2) is 10.0. The zero-order chi connectivity index (χ0) is 23.5. The summed E-state index contributed by atoms with van der Waals surface area (Å²) in [6.07, 6.45) is 1.08. The van der Waals surface area contributed by atoms with Crippen molar-refractivity contribution in [2.75, 3.05) is 39.4 Å². The van der Waals surface area contributed by atoms with Crippen molar-refractivity contribution in [1.29, 1.82) is 0 Å². The van der Waals surface area contributed by atoms with Crippen molar-refractivity contribution in [2.45, 2.75) is 25.8 Å². The molecular formula is C25H27ClN4O4. The summed E-state index contributed by atoms with van der Waals surface area (Å²) in [5, 5.41) is 4.61. The van der Waals surface area contributed by atoms with Gasteiger partial charge in [-0.15, -0.1) is 0 Å². The molecule has 2 aliphatic heterocycles. The molecule has 0 aliphatic carbocycles. The number of nitrogens with zero attached hydrogens (tertiary/aromatic N) is 4. The Hall–Kier alpha value is -3.10. The van der Waals surface area contributed by atoms with Gasteiger partial charge in [-0.1, -0.05) is 47.1 Å². The van der Waals surface area contributed by atoms with Crippen LogP contribution in [0.3, 0.4) is 0 Å². The van der Waals surface area contributed by atoms with Gasteiger partial charge in [0, 0.05) is 38.2 Å². The molecular weight excluding hydrogens is 456 g/mol. The highest BCUT2D eigenvalue weighted by atomic mass is 35.5. The lowest BCUT2D eigenvalue weighted by atomic mass is 10.1. The fraction of sp³-hybridized carbons (Fsp3) is 0.400. The Kier molecular flexibility index (Phi) is 6.69. The summed E-state index contributed by atoms with van der Waals surface area (Å²) in [7, 11) is 0. The van der Waals surface area contributed by atoms with Gasteiger partial charge < -0.3 is 18.9 Å². The molecule has 0 spiro atoms. The molecule has 1 fully saturated rings. The average Bonchev–Trinajstić information content (AvgIpc) is 3.23. The van der Waals surface area contributed by atoms with Crippen LogP contribution < -0.4 is 9.47 Å². The predicted octanol–water partition coefficient (Wildman–Crippen LogP) is 4.00. The number of hydrogen-bond acceptors (Lipinski definition) is 7. The molecule has 0 N–H and O–H groups in total. The number of hydrogen-bond donors (Lipinski definition) is 0. The molecule has 34 heavy (non-hydrogen) atoms. The Bertz CT molecular complexity index is 1150. The molecule has 2 aliphatic rings. The molecule has 0 saturated carbocycles. The van der Waals surface area contributed by atoms with Gasteiger partial charge in [0.1, 0.15) is 0 Å². The molecule has 1 aromatic heterocycles. The van der Waals surface area contributed by atoms with Crippen molar-refractivity contribution in [1.82, 2.24) is 19.9 Å². The van der Waals surface area contributed by atoms with Crippen LogP contribution in [0.1, 0.15) is 30.8 Å². The van der Waals surface area contributed by atoms with Crippen molar-refractivity contribution in [2.24, 2.45) is 0 Å². The normalized spacial score (nSPS) is 17.3. The van der Waals surface area contributed by atoms with Gasteiger partial charge in [-0.2, -0.15) is 4.98 Å². The van der Waals surface area contributed by atoms with Crippen molar-refractivity contribution >= 4 is 17.5 Å². The molecule has 178 valence electrons. The number of amides is 1. The Labute approximate surface area is 203 Å². The van der Waals surface area contributed by atoms with Gasteiger partial charge in [0.15, 0.2) is 11.5 Å². The topological polar surface area (TPSA) is 80.9 Å². The van der Waals surface area contributed by atoms with Crippen LogP contribution in [0, 0.1) is 0 Å². The fourth-order valence-electron chi connectivity index (χ4n) is 4.30. The number of benzene rings is 2. The summed E-state index contributed by atoms with van der Waals surface area (Å²) in [6, 6.07) is 13.4. The van der Waals surface area contributed by atoms with E-state index in [1.54, 1.807) is 6.07 Å². The smallest absolute Gasteiger partial charge is 0.244 e. The predicted molar refractivity (Wildman–Crippen MR) is 127 cm³/mol. The first-order valence-electron chi connectivity index (χ1n) is 11.6. The number of fused-ring (bicyclic) bond motifs is 1. The molecule has 1 saturated heterocycles. The van der Waals surface area contributed by atoms with Gasteiger partial charge in [0.2, 0.25) is 17.6 Å². The van der Waals surface area contributed by atoms with Gasteiger partial charge in [-0.3, -0.25) is 9.69 Å². The SMILES string of the molecule is CC(c1nc(-c2ccccc2)no1)N1CCN(C(=O)Cc2cc(Cl)c3c(c2)OCCCO3)CC1. The Balaban J connectivity index is 1.18. The zero-order valence-electron chi connectivity index (χ0n) is 19.1.